The van der Waals surface area contributed by atoms with Gasteiger partial charge in [0, 0.05) is 30.2 Å². The average molecular weight is 362 g/mol. The molecule has 3 aromatic rings. The van der Waals surface area contributed by atoms with Crippen LogP contribution in [-0.4, -0.2) is 39.8 Å². The summed E-state index contributed by atoms with van der Waals surface area (Å²) in [4.78, 5) is 30.1. The Morgan fingerprint density at radius 1 is 1.04 bits per heavy atom. The van der Waals surface area contributed by atoms with Crippen molar-refractivity contribution in [3.8, 4) is 0 Å². The average Bonchev–Trinajstić information content (AvgIpc) is 3.12. The van der Waals surface area contributed by atoms with Crippen LogP contribution in [0.1, 0.15) is 34.3 Å². The van der Waals surface area contributed by atoms with Crippen LogP contribution in [0.5, 0.6) is 0 Å². The number of aliphatic hydroxyl groups is 1. The van der Waals surface area contributed by atoms with E-state index in [0.29, 0.717) is 31.5 Å². The van der Waals surface area contributed by atoms with Crippen LogP contribution >= 0.6 is 0 Å². The first-order valence-electron chi connectivity index (χ1n) is 9.18. The third-order valence-corrected chi connectivity index (χ3v) is 5.55. The zero-order valence-electron chi connectivity index (χ0n) is 15.2. The van der Waals surface area contributed by atoms with Gasteiger partial charge in [0.2, 0.25) is 0 Å². The molecule has 1 aliphatic heterocycles. The molecule has 0 radical (unpaired) electrons. The largest absolute Gasteiger partial charge is 0.385 e. The van der Waals surface area contributed by atoms with Crippen molar-refractivity contribution in [2.24, 2.45) is 0 Å². The zero-order chi connectivity index (χ0) is 19.0. The van der Waals surface area contributed by atoms with Crippen LogP contribution in [0.25, 0.3) is 10.9 Å². The first kappa shape index (κ1) is 17.5. The second-order valence-electron chi connectivity index (χ2n) is 7.22. The van der Waals surface area contributed by atoms with E-state index in [0.717, 1.165) is 22.0 Å². The summed E-state index contributed by atoms with van der Waals surface area (Å²) in [5.41, 5.74) is 2.22. The van der Waals surface area contributed by atoms with Gasteiger partial charge in [0.1, 0.15) is 0 Å². The maximum Gasteiger partial charge on any atom is 0.295 e. The molecule has 0 aliphatic carbocycles. The lowest BCUT2D eigenvalue weighted by atomic mass is 9.82. The molecule has 2 aromatic carbocycles. The standard InChI is InChI=1S/C22H22N2O3/c1-15-6-2-4-8-18(15)22(27)10-12-24(13-11-22)21(26)20(25)17-14-23-19-9-5-3-7-16(17)19/h2-9,14,23,27H,10-13H2,1H3. The second-order valence-corrected chi connectivity index (χ2v) is 7.22. The Morgan fingerprint density at radius 3 is 2.44 bits per heavy atom. The number of hydrogen-bond acceptors (Lipinski definition) is 3. The number of benzene rings is 2. The van der Waals surface area contributed by atoms with E-state index < -0.39 is 17.3 Å². The number of likely N-dealkylation sites (tertiary alicyclic amines) is 1. The van der Waals surface area contributed by atoms with Crippen molar-refractivity contribution in [1.82, 2.24) is 9.88 Å². The summed E-state index contributed by atoms with van der Waals surface area (Å²) in [6, 6.07) is 15.2. The highest BCUT2D eigenvalue weighted by Gasteiger charge is 2.37. The summed E-state index contributed by atoms with van der Waals surface area (Å²) in [7, 11) is 0. The molecule has 27 heavy (non-hydrogen) atoms. The third kappa shape index (κ3) is 3.04. The highest BCUT2D eigenvalue weighted by Crippen LogP contribution is 2.34. The molecule has 2 heterocycles. The van der Waals surface area contributed by atoms with Crippen LogP contribution in [0.2, 0.25) is 0 Å². The number of rotatable bonds is 3. The Balaban J connectivity index is 1.50. The number of carbonyl (C=O) groups excluding carboxylic acids is 2. The smallest absolute Gasteiger partial charge is 0.295 e. The number of piperidine rings is 1. The molecule has 4 rings (SSSR count). The Bertz CT molecular complexity index is 1010. The van der Waals surface area contributed by atoms with Gasteiger partial charge in [-0.3, -0.25) is 9.59 Å². The molecule has 2 N–H and O–H groups in total. The van der Waals surface area contributed by atoms with Gasteiger partial charge in [0.15, 0.2) is 0 Å². The molecule has 1 fully saturated rings. The first-order chi connectivity index (χ1) is 13.0. The quantitative estimate of drug-likeness (QED) is 0.555. The van der Waals surface area contributed by atoms with E-state index in [-0.39, 0.29) is 0 Å². The van der Waals surface area contributed by atoms with Crippen molar-refractivity contribution < 1.29 is 14.7 Å². The number of aromatic amines is 1. The molecule has 0 atom stereocenters. The van der Waals surface area contributed by atoms with Crippen LogP contribution in [0, 0.1) is 6.92 Å². The van der Waals surface area contributed by atoms with Crippen LogP contribution in [0.3, 0.4) is 0 Å². The Labute approximate surface area is 157 Å². The topological polar surface area (TPSA) is 73.4 Å². The number of nitrogens with one attached hydrogen (secondary N) is 1. The fourth-order valence-corrected chi connectivity index (χ4v) is 3.96. The van der Waals surface area contributed by atoms with Crippen molar-refractivity contribution in [3.05, 3.63) is 71.4 Å². The molecule has 1 amide bonds. The zero-order valence-corrected chi connectivity index (χ0v) is 15.2. The number of aromatic nitrogens is 1. The van der Waals surface area contributed by atoms with E-state index in [9.17, 15) is 14.7 Å². The molecular formula is C22H22N2O3. The Morgan fingerprint density at radius 2 is 1.70 bits per heavy atom. The number of Topliss-reactive ketones (excluding diaryl/α,β-unsaturated/α-hetero) is 1. The summed E-state index contributed by atoms with van der Waals surface area (Å²) < 4.78 is 0. The first-order valence-corrected chi connectivity index (χ1v) is 9.18. The maximum absolute atomic E-state index is 12.7. The SMILES string of the molecule is Cc1ccccc1C1(O)CCN(C(=O)C(=O)c2c[nH]c3ccccc23)CC1. The minimum atomic E-state index is -0.952. The number of nitrogens with zero attached hydrogens (tertiary/aromatic N) is 1. The number of aryl methyl sites for hydroxylation is 1. The molecule has 0 saturated carbocycles. The van der Waals surface area contributed by atoms with Crippen LogP contribution < -0.4 is 0 Å². The number of amides is 1. The van der Waals surface area contributed by atoms with Gasteiger partial charge in [-0.2, -0.15) is 0 Å². The number of H-pyrrole nitrogens is 1. The molecule has 0 bridgehead atoms. The molecule has 0 unspecified atom stereocenters. The lowest BCUT2D eigenvalue weighted by Gasteiger charge is -2.39. The fourth-order valence-electron chi connectivity index (χ4n) is 3.96. The van der Waals surface area contributed by atoms with E-state index in [1.807, 2.05) is 55.5 Å². The summed E-state index contributed by atoms with van der Waals surface area (Å²) in [5.74, 6) is -1.01. The highest BCUT2D eigenvalue weighted by molar-refractivity contribution is 6.44. The van der Waals surface area contributed by atoms with E-state index in [2.05, 4.69) is 4.98 Å². The van der Waals surface area contributed by atoms with Crippen molar-refractivity contribution in [2.75, 3.05) is 13.1 Å². The Hall–Kier alpha value is -2.92. The summed E-state index contributed by atoms with van der Waals surface area (Å²) in [6.07, 6.45) is 2.44. The normalized spacial score (nSPS) is 16.4. The van der Waals surface area contributed by atoms with E-state index in [1.165, 1.54) is 0 Å². The van der Waals surface area contributed by atoms with E-state index in [4.69, 9.17) is 0 Å². The van der Waals surface area contributed by atoms with Gasteiger partial charge in [0.25, 0.3) is 11.7 Å². The molecule has 5 nitrogen and oxygen atoms in total. The van der Waals surface area contributed by atoms with E-state index in [1.54, 1.807) is 11.1 Å². The predicted molar refractivity (Wildman–Crippen MR) is 104 cm³/mol. The van der Waals surface area contributed by atoms with Gasteiger partial charge < -0.3 is 15.0 Å². The molecule has 138 valence electrons. The van der Waals surface area contributed by atoms with E-state index >= 15 is 0 Å². The van der Waals surface area contributed by atoms with Gasteiger partial charge in [0.05, 0.1) is 11.2 Å². The van der Waals surface area contributed by atoms with Crippen LogP contribution in [0.4, 0.5) is 0 Å². The number of fused-ring (bicyclic) bond motifs is 1. The summed E-state index contributed by atoms with van der Waals surface area (Å²) in [5, 5.41) is 11.8. The summed E-state index contributed by atoms with van der Waals surface area (Å²) >= 11 is 0. The van der Waals surface area contributed by atoms with Crippen LogP contribution in [0.15, 0.2) is 54.7 Å². The molecule has 1 saturated heterocycles. The van der Waals surface area contributed by atoms with Gasteiger partial charge in [-0.15, -0.1) is 0 Å². The predicted octanol–water partition coefficient (Wildman–Crippen LogP) is 3.17. The lowest BCUT2D eigenvalue weighted by Crippen LogP contribution is -2.47. The second kappa shape index (κ2) is 6.67. The number of hydrogen-bond donors (Lipinski definition) is 2. The maximum atomic E-state index is 12.7. The van der Waals surface area contributed by atoms with Gasteiger partial charge in [-0.25, -0.2) is 0 Å². The molecule has 1 aliphatic rings. The van der Waals surface area contributed by atoms with Gasteiger partial charge in [-0.05, 0) is 37.0 Å². The lowest BCUT2D eigenvalue weighted by molar-refractivity contribution is -0.131. The summed E-state index contributed by atoms with van der Waals surface area (Å²) in [6.45, 7) is 2.70. The molecule has 1 aromatic heterocycles. The molecular weight excluding hydrogens is 340 g/mol. The fraction of sp³-hybridized carbons (Fsp3) is 0.273. The van der Waals surface area contributed by atoms with Crippen LogP contribution in [-0.2, 0) is 10.4 Å². The minimum Gasteiger partial charge on any atom is -0.385 e. The van der Waals surface area contributed by atoms with Crippen molar-refractivity contribution >= 4 is 22.6 Å². The molecule has 5 heteroatoms. The van der Waals surface area contributed by atoms with Crippen molar-refractivity contribution in [2.45, 2.75) is 25.4 Å². The highest BCUT2D eigenvalue weighted by atomic mass is 16.3. The number of carbonyl (C=O) groups is 2. The minimum absolute atomic E-state index is 0.359. The monoisotopic (exact) mass is 362 g/mol. The number of ketones is 1. The van der Waals surface area contributed by atoms with Crippen molar-refractivity contribution in [3.63, 3.8) is 0 Å². The Kier molecular flexibility index (Phi) is 4.32. The van der Waals surface area contributed by atoms with Crippen molar-refractivity contribution in [1.29, 1.82) is 0 Å². The number of para-hydroxylation sites is 1. The van der Waals surface area contributed by atoms with Gasteiger partial charge >= 0.3 is 0 Å². The van der Waals surface area contributed by atoms with Gasteiger partial charge in [-0.1, -0.05) is 42.5 Å². The third-order valence-electron chi connectivity index (χ3n) is 5.55. The molecule has 0 spiro atoms.